The fourth-order valence-electron chi connectivity index (χ4n) is 5.59. The van der Waals surface area contributed by atoms with Crippen molar-refractivity contribution in [3.05, 3.63) is 41.7 Å². The van der Waals surface area contributed by atoms with Crippen LogP contribution < -0.4 is 60.2 Å². The second kappa shape index (κ2) is 20.8. The summed E-state index contributed by atoms with van der Waals surface area (Å²) < 4.78 is 1.40. The number of hydrogen-bond acceptors (Lipinski definition) is 11. The molecule has 0 fully saturated rings. The van der Waals surface area contributed by atoms with Crippen LogP contribution in [0.1, 0.15) is 50.8 Å². The Hall–Kier alpha value is -6.32. The van der Waals surface area contributed by atoms with E-state index in [2.05, 4.69) is 47.5 Å². The molecular weight excluding hydrogens is 716 g/mol. The van der Waals surface area contributed by atoms with Gasteiger partial charge < -0.3 is 60.2 Å². The summed E-state index contributed by atoms with van der Waals surface area (Å²) >= 11 is 0. The molecule has 0 saturated carbocycles. The van der Waals surface area contributed by atoms with Gasteiger partial charge in [-0.25, -0.2) is 0 Å². The van der Waals surface area contributed by atoms with Gasteiger partial charge in [-0.1, -0.05) is 31.2 Å². The molecule has 6 amide bonds. The molecule has 0 radical (unpaired) electrons. The fraction of sp³-hybridized carbons (Fsp3) is 0.515. The third-order valence-electron chi connectivity index (χ3n) is 8.36. The molecule has 2 bridgehead atoms. The Bertz CT molecular complexity index is 1700. The first kappa shape index (κ1) is 43.1. The van der Waals surface area contributed by atoms with Gasteiger partial charge in [-0.2, -0.15) is 0 Å². The molecule has 1 aliphatic rings. The van der Waals surface area contributed by atoms with E-state index in [-0.39, 0.29) is 69.5 Å². The molecule has 1 aromatic heterocycles. The molecule has 5 atom stereocenters. The number of guanidine groups is 2. The molecule has 3 rings (SSSR count). The summed E-state index contributed by atoms with van der Waals surface area (Å²) in [7, 11) is 0. The molecule has 2 heterocycles. The standard InChI is InChI=1S/C33H52N16O6/c1-17(2)12-24-30(54)45-23(4-3-10-40-32(36)37)29(53)41-15-26(50)43-25(13-18-5-7-19(8-6-18)42-33(38)39)31(55)44-22(27(35)51)9-11-49-16-20(47-48-49)14-21(34)28(52)46-24/h5-8,16-17,21-25H,3-4,9-15,34H2,1-2H3,(H2,35,51)(H,41,53)(H,43,50)(H,44,55)(H,45,54)(H,46,52)(H4,36,37,40)(H4,38,39,42)/t21-,22?,23?,24?,25-/m0/s1. The van der Waals surface area contributed by atoms with Crippen molar-refractivity contribution >= 4 is 53.0 Å². The number of amides is 6. The first-order valence-electron chi connectivity index (χ1n) is 17.7. The van der Waals surface area contributed by atoms with Crippen molar-refractivity contribution in [1.29, 1.82) is 10.8 Å². The summed E-state index contributed by atoms with van der Waals surface area (Å²) in [5, 5.41) is 41.2. The molecule has 300 valence electrons. The normalized spacial score (nSPS) is 22.0. The summed E-state index contributed by atoms with van der Waals surface area (Å²) in [6, 6.07) is 0.728. The van der Waals surface area contributed by atoms with Gasteiger partial charge in [0, 0.05) is 37.8 Å². The lowest BCUT2D eigenvalue weighted by molar-refractivity contribution is -0.134. The number of carbonyl (C=O) groups excluding carboxylic acids is 6. The number of nitrogens with two attached hydrogens (primary N) is 4. The highest BCUT2D eigenvalue weighted by Crippen LogP contribution is 2.12. The van der Waals surface area contributed by atoms with Crippen LogP contribution in [0.4, 0.5) is 5.69 Å². The Morgan fingerprint density at radius 3 is 2.22 bits per heavy atom. The van der Waals surface area contributed by atoms with Crippen LogP contribution in [0, 0.1) is 16.7 Å². The highest BCUT2D eigenvalue weighted by molar-refractivity contribution is 5.95. The predicted octanol–water partition coefficient (Wildman–Crippen LogP) is -4.05. The van der Waals surface area contributed by atoms with Crippen LogP contribution in [0.25, 0.3) is 0 Å². The van der Waals surface area contributed by atoms with Crippen molar-refractivity contribution < 1.29 is 28.8 Å². The summed E-state index contributed by atoms with van der Waals surface area (Å²) in [4.78, 5) is 79.6. The molecule has 0 aliphatic carbocycles. The molecule has 1 aromatic carbocycles. The van der Waals surface area contributed by atoms with Crippen LogP contribution in [-0.2, 0) is 48.2 Å². The lowest BCUT2D eigenvalue weighted by Gasteiger charge is -2.25. The minimum Gasteiger partial charge on any atom is -0.370 e. The van der Waals surface area contributed by atoms with E-state index in [0.29, 0.717) is 16.9 Å². The zero-order chi connectivity index (χ0) is 40.7. The van der Waals surface area contributed by atoms with Gasteiger partial charge in [-0.3, -0.25) is 44.3 Å². The predicted molar refractivity (Wildman–Crippen MR) is 201 cm³/mol. The van der Waals surface area contributed by atoms with E-state index in [1.807, 2.05) is 13.8 Å². The monoisotopic (exact) mass is 768 g/mol. The van der Waals surface area contributed by atoms with E-state index in [4.69, 9.17) is 33.8 Å². The van der Waals surface area contributed by atoms with Gasteiger partial charge in [0.25, 0.3) is 0 Å². The molecule has 3 unspecified atom stereocenters. The number of benzene rings is 1. The van der Waals surface area contributed by atoms with Crippen molar-refractivity contribution in [2.75, 3.05) is 18.4 Å². The van der Waals surface area contributed by atoms with Gasteiger partial charge in [0.05, 0.1) is 18.3 Å². The number of nitrogens with zero attached hydrogens (tertiary/aromatic N) is 3. The average molecular weight is 769 g/mol. The second-order valence-electron chi connectivity index (χ2n) is 13.5. The number of anilines is 1. The first-order chi connectivity index (χ1) is 26.0. The molecule has 22 heteroatoms. The van der Waals surface area contributed by atoms with Crippen molar-refractivity contribution in [3.8, 4) is 0 Å². The Morgan fingerprint density at radius 2 is 1.58 bits per heavy atom. The first-order valence-corrected chi connectivity index (χ1v) is 17.7. The maximum Gasteiger partial charge on any atom is 0.243 e. The van der Waals surface area contributed by atoms with Gasteiger partial charge in [0.2, 0.25) is 35.4 Å². The van der Waals surface area contributed by atoms with E-state index < -0.39 is 72.2 Å². The number of rotatable bonds is 10. The Morgan fingerprint density at radius 1 is 0.909 bits per heavy atom. The molecule has 1 aliphatic heterocycles. The van der Waals surface area contributed by atoms with Crippen molar-refractivity contribution in [2.24, 2.45) is 28.9 Å². The van der Waals surface area contributed by atoms with Crippen LogP contribution in [0.3, 0.4) is 0 Å². The number of primary amides is 1. The lowest BCUT2D eigenvalue weighted by Crippen LogP contribution is -2.57. The SMILES string of the molecule is CC(C)CC1NC(=O)[C@@H](N)Cc2cn(nn2)CCC(C(N)=O)NC(=O)[C@H](Cc2ccc(NC(=N)N)cc2)NC(=O)CNC(=O)C(CCCNC(=N)N)NC1=O. The smallest absolute Gasteiger partial charge is 0.243 e. The van der Waals surface area contributed by atoms with E-state index in [0.717, 1.165) is 0 Å². The summed E-state index contributed by atoms with van der Waals surface area (Å²) in [6.07, 6.45) is 1.98. The summed E-state index contributed by atoms with van der Waals surface area (Å²) in [5.74, 6) is -4.99. The van der Waals surface area contributed by atoms with Gasteiger partial charge in [0.15, 0.2) is 11.9 Å². The highest BCUT2D eigenvalue weighted by Gasteiger charge is 2.31. The number of aromatic nitrogens is 3. The highest BCUT2D eigenvalue weighted by atomic mass is 16.2. The lowest BCUT2D eigenvalue weighted by atomic mass is 10.0. The Kier molecular flexibility index (Phi) is 16.3. The van der Waals surface area contributed by atoms with Crippen molar-refractivity contribution in [3.63, 3.8) is 0 Å². The molecule has 55 heavy (non-hydrogen) atoms. The van der Waals surface area contributed by atoms with E-state index in [1.54, 1.807) is 24.3 Å². The van der Waals surface area contributed by atoms with Crippen LogP contribution in [0.2, 0.25) is 0 Å². The maximum absolute atomic E-state index is 13.6. The summed E-state index contributed by atoms with van der Waals surface area (Å²) in [5.41, 5.74) is 24.1. The number of hydrogen-bond donors (Lipinski definition) is 13. The molecule has 2 aromatic rings. The molecule has 17 N–H and O–H groups in total. The number of aryl methyl sites for hydroxylation is 1. The zero-order valence-electron chi connectivity index (χ0n) is 30.8. The topological polar surface area (TPSA) is 369 Å². The van der Waals surface area contributed by atoms with E-state index >= 15 is 0 Å². The van der Waals surface area contributed by atoms with E-state index in [9.17, 15) is 28.8 Å². The van der Waals surface area contributed by atoms with Crippen LogP contribution in [0.5, 0.6) is 0 Å². The molecular formula is C33H52N16O6. The maximum atomic E-state index is 13.6. The number of fused-ring (bicyclic) bond motifs is 2. The number of nitrogens with one attached hydrogen (secondary N) is 9. The Labute approximate surface area is 317 Å². The third-order valence-corrected chi connectivity index (χ3v) is 8.36. The Balaban J connectivity index is 1.94. The fourth-order valence-corrected chi connectivity index (χ4v) is 5.59. The van der Waals surface area contributed by atoms with Crippen LogP contribution in [-0.4, -0.2) is 106 Å². The van der Waals surface area contributed by atoms with Crippen LogP contribution >= 0.6 is 0 Å². The van der Waals surface area contributed by atoms with Gasteiger partial charge in [-0.05, 0) is 49.3 Å². The zero-order valence-corrected chi connectivity index (χ0v) is 30.8. The van der Waals surface area contributed by atoms with Gasteiger partial charge in [-0.15, -0.1) is 5.10 Å². The van der Waals surface area contributed by atoms with Crippen LogP contribution in [0.15, 0.2) is 30.5 Å². The van der Waals surface area contributed by atoms with Crippen molar-refractivity contribution in [2.45, 2.75) is 89.1 Å². The quantitative estimate of drug-likeness (QED) is 0.0623. The average Bonchev–Trinajstić information content (AvgIpc) is 3.56. The van der Waals surface area contributed by atoms with Gasteiger partial charge >= 0.3 is 0 Å². The molecule has 0 saturated heterocycles. The molecule has 22 nitrogen and oxygen atoms in total. The largest absolute Gasteiger partial charge is 0.370 e. The van der Waals surface area contributed by atoms with Crippen molar-refractivity contribution in [1.82, 2.24) is 46.9 Å². The summed E-state index contributed by atoms with van der Waals surface area (Å²) in [6.45, 7) is 3.39. The minimum absolute atomic E-state index is 0.00608. The molecule has 0 spiro atoms. The van der Waals surface area contributed by atoms with E-state index in [1.165, 1.54) is 10.9 Å². The second-order valence-corrected chi connectivity index (χ2v) is 13.5. The third kappa shape index (κ3) is 14.9. The van der Waals surface area contributed by atoms with Gasteiger partial charge in [0.1, 0.15) is 24.2 Å². The number of carbonyl (C=O) groups is 6. The minimum atomic E-state index is -1.25.